The van der Waals surface area contributed by atoms with Crippen LogP contribution >= 0.6 is 11.8 Å². The van der Waals surface area contributed by atoms with Crippen molar-refractivity contribution in [2.45, 2.75) is 187 Å². The first kappa shape index (κ1) is 53.3. The van der Waals surface area contributed by atoms with Crippen molar-refractivity contribution in [3.8, 4) is 0 Å². The molecular weight excluding hydrogens is 853 g/mol. The lowest BCUT2D eigenvalue weighted by Gasteiger charge is -2.35. The van der Waals surface area contributed by atoms with E-state index in [2.05, 4.69) is 39.7 Å². The van der Waals surface area contributed by atoms with Crippen molar-refractivity contribution in [2.24, 2.45) is 22.7 Å². The predicted molar refractivity (Wildman–Crippen MR) is 252 cm³/mol. The second-order valence-electron chi connectivity index (χ2n) is 20.1. The molecule has 17 nitrogen and oxygen atoms in total. The maximum absolute atomic E-state index is 14.5. The summed E-state index contributed by atoms with van der Waals surface area (Å²) in [5, 5.41) is 15.2. The molecule has 2 bridgehead atoms. The average molecular weight is 929 g/mol. The fourth-order valence-corrected chi connectivity index (χ4v) is 9.90. The Morgan fingerprint density at radius 2 is 1.06 bits per heavy atom. The molecule has 5 N–H and O–H groups in total. The van der Waals surface area contributed by atoms with Gasteiger partial charge in [0.15, 0.2) is 0 Å². The van der Waals surface area contributed by atoms with Crippen molar-refractivity contribution in [2.75, 3.05) is 18.8 Å². The molecule has 0 aliphatic carbocycles. The summed E-state index contributed by atoms with van der Waals surface area (Å²) in [5.74, 6) is -4.20. The van der Waals surface area contributed by atoms with Gasteiger partial charge in [-0.05, 0) is 91.4 Å². The van der Waals surface area contributed by atoms with Crippen LogP contribution in [0, 0.1) is 17.8 Å². The molecule has 18 heteroatoms. The van der Waals surface area contributed by atoms with E-state index in [1.165, 1.54) is 21.6 Å². The molecule has 0 spiro atoms. The van der Waals surface area contributed by atoms with Gasteiger partial charge in [0.2, 0.25) is 41.4 Å². The van der Waals surface area contributed by atoms with Crippen molar-refractivity contribution >= 4 is 58.2 Å². The number of hydrogen-bond acceptors (Lipinski definition) is 11. The van der Waals surface area contributed by atoms with E-state index >= 15 is 0 Å². The molecule has 364 valence electrons. The highest BCUT2D eigenvalue weighted by Crippen LogP contribution is 2.27. The van der Waals surface area contributed by atoms with Crippen LogP contribution in [0.15, 0.2) is 30.3 Å². The first-order valence-corrected chi connectivity index (χ1v) is 24.3. The van der Waals surface area contributed by atoms with Gasteiger partial charge in [-0.15, -0.1) is 24.9 Å². The molecule has 0 saturated carbocycles. The lowest BCUT2D eigenvalue weighted by molar-refractivity contribution is -0.146. The maximum atomic E-state index is 14.5. The van der Waals surface area contributed by atoms with E-state index in [1.54, 1.807) is 67.5 Å². The SMILES string of the molecule is C=CC(C)(C)O[C@@H](C)[C@H]1NC(=O)[C@H]2CCCN2C(=O)[C@H](C(C)C)NC(=O)[C@H]2CCCN2C(=O)[C@@H](CC(C)C)NC(=O)[C@@H]([C@H](C)OC(C)(C)C=C)NC(=O)[C@H]2CSC(=N2)[C@@H](C(C)C)NC1=O. The second-order valence-corrected chi connectivity index (χ2v) is 21.1. The Bertz CT molecular complexity index is 1830. The highest BCUT2D eigenvalue weighted by Gasteiger charge is 2.45. The molecule has 10 atom stereocenters. The topological polar surface area (TPSA) is 217 Å². The summed E-state index contributed by atoms with van der Waals surface area (Å²) in [6, 6.07) is -8.11. The molecule has 65 heavy (non-hydrogen) atoms. The summed E-state index contributed by atoms with van der Waals surface area (Å²) >= 11 is 1.30. The van der Waals surface area contributed by atoms with Crippen LogP contribution in [0.2, 0.25) is 0 Å². The van der Waals surface area contributed by atoms with Gasteiger partial charge in [0.1, 0.15) is 42.3 Å². The van der Waals surface area contributed by atoms with E-state index in [1.807, 2.05) is 27.7 Å². The maximum Gasteiger partial charge on any atom is 0.246 e. The lowest BCUT2D eigenvalue weighted by atomic mass is 9.99. The van der Waals surface area contributed by atoms with E-state index in [-0.39, 0.29) is 37.1 Å². The molecule has 2 saturated heterocycles. The third-order valence-electron chi connectivity index (χ3n) is 12.5. The van der Waals surface area contributed by atoms with Crippen LogP contribution < -0.4 is 26.6 Å². The van der Waals surface area contributed by atoms with Crippen molar-refractivity contribution in [1.29, 1.82) is 0 Å². The van der Waals surface area contributed by atoms with Gasteiger partial charge in [0.25, 0.3) is 0 Å². The molecular formula is C47H76N8O9S. The summed E-state index contributed by atoms with van der Waals surface area (Å²) < 4.78 is 12.5. The molecule has 0 aromatic carbocycles. The van der Waals surface area contributed by atoms with Crippen LogP contribution in [-0.2, 0) is 43.0 Å². The zero-order valence-corrected chi connectivity index (χ0v) is 41.5. The summed E-state index contributed by atoms with van der Waals surface area (Å²) in [5.41, 5.74) is -1.77. The number of nitrogens with zero attached hydrogens (tertiary/aromatic N) is 3. The molecule has 2 fully saturated rings. The highest BCUT2D eigenvalue weighted by molar-refractivity contribution is 8.14. The second kappa shape index (κ2) is 22.5. The Morgan fingerprint density at radius 3 is 1.52 bits per heavy atom. The Kier molecular flexibility index (Phi) is 18.4. The molecule has 0 aromatic heterocycles. The van der Waals surface area contributed by atoms with Crippen molar-refractivity contribution in [3.05, 3.63) is 25.3 Å². The van der Waals surface area contributed by atoms with Gasteiger partial charge in [-0.1, -0.05) is 53.7 Å². The molecule has 4 aliphatic heterocycles. The zero-order valence-electron chi connectivity index (χ0n) is 40.7. The first-order valence-electron chi connectivity index (χ1n) is 23.3. The third kappa shape index (κ3) is 13.6. The summed E-state index contributed by atoms with van der Waals surface area (Å²) in [6.07, 6.45) is 3.33. The predicted octanol–water partition coefficient (Wildman–Crippen LogP) is 3.02. The largest absolute Gasteiger partial charge is 0.366 e. The van der Waals surface area contributed by atoms with Gasteiger partial charge in [0, 0.05) is 18.8 Å². The Hall–Kier alpha value is -4.29. The number of rotatable bonds is 12. The summed E-state index contributed by atoms with van der Waals surface area (Å²) in [6.45, 7) is 29.9. The number of carbonyl (C=O) groups is 7. The Balaban J connectivity index is 1.83. The molecule has 0 unspecified atom stereocenters. The van der Waals surface area contributed by atoms with E-state index in [0.29, 0.717) is 30.7 Å². The smallest absolute Gasteiger partial charge is 0.246 e. The quantitative estimate of drug-likeness (QED) is 0.180. The van der Waals surface area contributed by atoms with Crippen molar-refractivity contribution in [3.63, 3.8) is 0 Å². The van der Waals surface area contributed by atoms with E-state index in [0.717, 1.165) is 0 Å². The first-order chi connectivity index (χ1) is 30.3. The summed E-state index contributed by atoms with van der Waals surface area (Å²) in [7, 11) is 0. The van der Waals surface area contributed by atoms with Crippen LogP contribution in [0.25, 0.3) is 0 Å². The minimum absolute atomic E-state index is 0.0522. The fraction of sp³-hybridized carbons (Fsp3) is 0.745. The minimum Gasteiger partial charge on any atom is -0.366 e. The molecule has 4 heterocycles. The van der Waals surface area contributed by atoms with Gasteiger partial charge in [-0.3, -0.25) is 38.6 Å². The van der Waals surface area contributed by atoms with Gasteiger partial charge in [0.05, 0.1) is 34.5 Å². The number of carbonyl (C=O) groups excluding carboxylic acids is 7. The van der Waals surface area contributed by atoms with Gasteiger partial charge in [-0.25, -0.2) is 0 Å². The zero-order chi connectivity index (χ0) is 48.7. The Morgan fingerprint density at radius 1 is 0.631 bits per heavy atom. The number of fused-ring (bicyclic) bond motifs is 3. The van der Waals surface area contributed by atoms with E-state index in [4.69, 9.17) is 14.5 Å². The highest BCUT2D eigenvalue weighted by atomic mass is 32.2. The van der Waals surface area contributed by atoms with Gasteiger partial charge in [-0.2, -0.15) is 0 Å². The number of aliphatic imine (C=N–C) groups is 1. The minimum atomic E-state index is -1.28. The van der Waals surface area contributed by atoms with Crippen LogP contribution in [0.1, 0.15) is 115 Å². The number of nitrogens with one attached hydrogen (secondary N) is 5. The Labute approximate surface area is 390 Å². The third-order valence-corrected chi connectivity index (χ3v) is 13.6. The monoisotopic (exact) mass is 929 g/mol. The number of amides is 7. The fourth-order valence-electron chi connectivity index (χ4n) is 8.64. The molecule has 4 aliphatic rings. The number of hydrogen-bond donors (Lipinski definition) is 5. The van der Waals surface area contributed by atoms with Crippen LogP contribution in [0.3, 0.4) is 0 Å². The van der Waals surface area contributed by atoms with E-state index < -0.39 is 119 Å². The summed E-state index contributed by atoms with van der Waals surface area (Å²) in [4.78, 5) is 108. The van der Waals surface area contributed by atoms with Crippen molar-refractivity contribution < 1.29 is 43.0 Å². The van der Waals surface area contributed by atoms with Crippen LogP contribution in [0.4, 0.5) is 0 Å². The molecule has 0 aromatic rings. The lowest BCUT2D eigenvalue weighted by Crippen LogP contribution is -2.62. The van der Waals surface area contributed by atoms with Crippen molar-refractivity contribution in [1.82, 2.24) is 36.4 Å². The van der Waals surface area contributed by atoms with Crippen LogP contribution in [-0.4, -0.2) is 147 Å². The number of thioether (sulfide) groups is 1. The average Bonchev–Trinajstić information content (AvgIpc) is 4.03. The molecule has 7 amide bonds. The molecule has 4 rings (SSSR count). The standard InChI is InChI=1S/C47H76N8O9S/c1-15-46(11,12)63-28(9)36-41(59)48-30(23-25(3)4)44(61)54-21-17-19-32(54)39(57)51-35(27(7)8)45(62)55-22-18-20-33(55)40(58)53-37(29(10)64-47(13,14)16-2)42(60)50-34(26(5)6)43-49-31(24-65-43)38(56)52-36/h15-16,25-37H,1-2,17-24H2,3-14H3,(H,48,59)(H,50,60)(H,51,57)(H,52,56)(H,53,58)/t28-,29-,30+,31+,32+,33+,34+,35-,36+,37+/m0/s1. The van der Waals surface area contributed by atoms with E-state index in [9.17, 15) is 33.6 Å². The number of ether oxygens (including phenoxy) is 2. The molecule has 0 radical (unpaired) electrons. The van der Waals surface area contributed by atoms with Crippen LogP contribution in [0.5, 0.6) is 0 Å². The van der Waals surface area contributed by atoms with Gasteiger partial charge >= 0.3 is 0 Å². The van der Waals surface area contributed by atoms with Gasteiger partial charge < -0.3 is 45.9 Å². The normalized spacial score (nSPS) is 29.3.